The third-order valence-electron chi connectivity index (χ3n) is 2.20. The largest absolute Gasteiger partial charge is 0.419 e. The Hall–Kier alpha value is -2.38. The van der Waals surface area contributed by atoms with Crippen LogP contribution in [-0.4, -0.2) is 20.6 Å². The predicted octanol–water partition coefficient (Wildman–Crippen LogP) is 1.57. The first-order chi connectivity index (χ1) is 8.38. The number of halogens is 3. The van der Waals surface area contributed by atoms with Gasteiger partial charge in [-0.3, -0.25) is 5.41 Å². The van der Waals surface area contributed by atoms with Crippen LogP contribution in [0.1, 0.15) is 11.1 Å². The van der Waals surface area contributed by atoms with Crippen molar-refractivity contribution >= 4 is 5.84 Å². The highest BCUT2D eigenvalue weighted by atomic mass is 19.4. The van der Waals surface area contributed by atoms with E-state index in [1.54, 1.807) is 0 Å². The van der Waals surface area contributed by atoms with Crippen molar-refractivity contribution in [2.75, 3.05) is 0 Å². The molecule has 0 aromatic carbocycles. The van der Waals surface area contributed by atoms with Gasteiger partial charge in [0.15, 0.2) is 5.82 Å². The molecule has 8 heteroatoms. The van der Waals surface area contributed by atoms with Gasteiger partial charge < -0.3 is 5.73 Å². The number of aromatic nitrogens is 3. The summed E-state index contributed by atoms with van der Waals surface area (Å²) in [6.07, 6.45) is -1.56. The van der Waals surface area contributed by atoms with Gasteiger partial charge in [-0.1, -0.05) is 0 Å². The quantitative estimate of drug-likeness (QED) is 0.631. The highest BCUT2D eigenvalue weighted by molar-refractivity contribution is 5.95. The van der Waals surface area contributed by atoms with Crippen LogP contribution in [0.4, 0.5) is 13.2 Å². The Morgan fingerprint density at radius 3 is 2.67 bits per heavy atom. The molecule has 0 atom stereocenters. The van der Waals surface area contributed by atoms with Gasteiger partial charge in [-0.15, -0.1) is 0 Å². The lowest BCUT2D eigenvalue weighted by Gasteiger charge is -2.03. The third-order valence-corrected chi connectivity index (χ3v) is 2.20. The maximum atomic E-state index is 12.4. The smallest absolute Gasteiger partial charge is 0.384 e. The van der Waals surface area contributed by atoms with Crippen molar-refractivity contribution in [3.05, 3.63) is 41.9 Å². The van der Waals surface area contributed by atoms with Crippen molar-refractivity contribution in [3.8, 4) is 5.82 Å². The second kappa shape index (κ2) is 4.13. The maximum absolute atomic E-state index is 12.4. The van der Waals surface area contributed by atoms with Crippen LogP contribution in [0.2, 0.25) is 0 Å². The van der Waals surface area contributed by atoms with E-state index in [4.69, 9.17) is 11.1 Å². The van der Waals surface area contributed by atoms with E-state index in [1.807, 2.05) is 0 Å². The van der Waals surface area contributed by atoms with Crippen LogP contribution in [-0.2, 0) is 6.18 Å². The molecule has 0 saturated heterocycles. The van der Waals surface area contributed by atoms with Crippen LogP contribution in [0.25, 0.3) is 5.82 Å². The molecule has 2 heterocycles. The van der Waals surface area contributed by atoms with Crippen LogP contribution >= 0.6 is 0 Å². The van der Waals surface area contributed by atoms with Gasteiger partial charge in [0.25, 0.3) is 0 Å². The number of nitrogens with zero attached hydrogens (tertiary/aromatic N) is 3. The average Bonchev–Trinajstić information content (AvgIpc) is 2.78. The standard InChI is InChI=1S/C10H8F3N5/c11-10(12,13)7-4-17-18(5-7)8-3-6(9(14)15)1-2-16-8/h1-5H,(H3,14,15). The average molecular weight is 255 g/mol. The van der Waals surface area contributed by atoms with Gasteiger partial charge in [0.1, 0.15) is 5.84 Å². The Morgan fingerprint density at radius 1 is 1.39 bits per heavy atom. The van der Waals surface area contributed by atoms with Gasteiger partial charge in [-0.25, -0.2) is 9.67 Å². The number of rotatable bonds is 2. The molecule has 2 rings (SSSR count). The predicted molar refractivity (Wildman–Crippen MR) is 57.4 cm³/mol. The van der Waals surface area contributed by atoms with Crippen LogP contribution in [0.5, 0.6) is 0 Å². The number of hydrogen-bond acceptors (Lipinski definition) is 3. The van der Waals surface area contributed by atoms with E-state index in [-0.39, 0.29) is 11.7 Å². The summed E-state index contributed by atoms with van der Waals surface area (Å²) in [6, 6.07) is 2.87. The Morgan fingerprint density at radius 2 is 2.11 bits per heavy atom. The van der Waals surface area contributed by atoms with Crippen molar-refractivity contribution in [2.45, 2.75) is 6.18 Å². The molecule has 0 unspecified atom stereocenters. The van der Waals surface area contributed by atoms with Crippen LogP contribution in [0.3, 0.4) is 0 Å². The van der Waals surface area contributed by atoms with Crippen LogP contribution < -0.4 is 5.73 Å². The normalized spacial score (nSPS) is 11.5. The van der Waals surface area contributed by atoms with Crippen molar-refractivity contribution in [1.29, 1.82) is 5.41 Å². The number of pyridine rings is 1. The SMILES string of the molecule is N=C(N)c1ccnc(-n2cc(C(F)(F)F)cn2)c1. The molecule has 0 radical (unpaired) electrons. The highest BCUT2D eigenvalue weighted by Gasteiger charge is 2.32. The third kappa shape index (κ3) is 2.31. The van der Waals surface area contributed by atoms with E-state index < -0.39 is 11.7 Å². The summed E-state index contributed by atoms with van der Waals surface area (Å²) in [5.41, 5.74) is 4.78. The monoisotopic (exact) mass is 255 g/mol. The van der Waals surface area contributed by atoms with Crippen LogP contribution in [0.15, 0.2) is 30.7 Å². The molecule has 0 aliphatic rings. The summed E-state index contributed by atoms with van der Waals surface area (Å²) in [6.45, 7) is 0. The van der Waals surface area contributed by atoms with E-state index >= 15 is 0 Å². The number of amidine groups is 1. The van der Waals surface area contributed by atoms with E-state index in [1.165, 1.54) is 18.3 Å². The molecule has 0 bridgehead atoms. The van der Waals surface area contributed by atoms with E-state index in [9.17, 15) is 13.2 Å². The molecular weight excluding hydrogens is 247 g/mol. The summed E-state index contributed by atoms with van der Waals surface area (Å²) >= 11 is 0. The van der Waals surface area contributed by atoms with Gasteiger partial charge in [0, 0.05) is 18.0 Å². The summed E-state index contributed by atoms with van der Waals surface area (Å²) in [7, 11) is 0. The van der Waals surface area contributed by atoms with Gasteiger partial charge in [-0.2, -0.15) is 18.3 Å². The molecule has 0 spiro atoms. The number of alkyl halides is 3. The van der Waals surface area contributed by atoms with Gasteiger partial charge in [0.05, 0.1) is 11.8 Å². The van der Waals surface area contributed by atoms with E-state index in [2.05, 4.69) is 10.1 Å². The Bertz CT molecular complexity index is 587. The molecule has 5 nitrogen and oxygen atoms in total. The lowest BCUT2D eigenvalue weighted by atomic mass is 10.2. The van der Waals surface area contributed by atoms with Crippen molar-refractivity contribution < 1.29 is 13.2 Å². The maximum Gasteiger partial charge on any atom is 0.419 e. The molecule has 0 amide bonds. The summed E-state index contributed by atoms with van der Waals surface area (Å²) in [5, 5.41) is 10.8. The molecule has 0 aliphatic carbocycles. The lowest BCUT2D eigenvalue weighted by molar-refractivity contribution is -0.137. The summed E-state index contributed by atoms with van der Waals surface area (Å²) in [4.78, 5) is 3.87. The van der Waals surface area contributed by atoms with E-state index in [0.29, 0.717) is 11.8 Å². The first-order valence-electron chi connectivity index (χ1n) is 4.80. The lowest BCUT2D eigenvalue weighted by Crippen LogP contribution is -2.12. The minimum Gasteiger partial charge on any atom is -0.384 e. The summed E-state index contributed by atoms with van der Waals surface area (Å²) < 4.78 is 38.2. The fourth-order valence-electron chi connectivity index (χ4n) is 1.31. The molecule has 18 heavy (non-hydrogen) atoms. The Kier molecular flexibility index (Phi) is 2.77. The fourth-order valence-corrected chi connectivity index (χ4v) is 1.31. The minimum absolute atomic E-state index is 0.165. The molecule has 0 fully saturated rings. The molecule has 2 aromatic rings. The van der Waals surface area contributed by atoms with Gasteiger partial charge in [-0.05, 0) is 12.1 Å². The molecule has 0 aliphatic heterocycles. The Labute approximate surface area is 99.6 Å². The van der Waals surface area contributed by atoms with Crippen LogP contribution in [0, 0.1) is 5.41 Å². The van der Waals surface area contributed by atoms with Gasteiger partial charge >= 0.3 is 6.18 Å². The fraction of sp³-hybridized carbons (Fsp3) is 0.100. The molecule has 94 valence electrons. The number of nitrogens with two attached hydrogens (primary N) is 1. The number of nitrogens with one attached hydrogen (secondary N) is 1. The topological polar surface area (TPSA) is 80.6 Å². The van der Waals surface area contributed by atoms with Crippen molar-refractivity contribution in [1.82, 2.24) is 14.8 Å². The first kappa shape index (κ1) is 12.1. The minimum atomic E-state index is -4.45. The highest BCUT2D eigenvalue weighted by Crippen LogP contribution is 2.28. The van der Waals surface area contributed by atoms with Gasteiger partial charge in [0.2, 0.25) is 0 Å². The molecule has 0 saturated carbocycles. The zero-order chi connectivity index (χ0) is 13.3. The second-order valence-electron chi connectivity index (χ2n) is 3.49. The van der Waals surface area contributed by atoms with E-state index in [0.717, 1.165) is 10.9 Å². The molecular formula is C10H8F3N5. The number of hydrogen-bond donors (Lipinski definition) is 2. The molecule has 3 N–H and O–H groups in total. The number of nitrogen functional groups attached to an aromatic ring is 1. The zero-order valence-corrected chi connectivity index (χ0v) is 8.94. The second-order valence-corrected chi connectivity index (χ2v) is 3.49. The first-order valence-corrected chi connectivity index (χ1v) is 4.80. The summed E-state index contributed by atoms with van der Waals surface area (Å²) in [5.74, 6) is -0.0277. The van der Waals surface area contributed by atoms with Crippen molar-refractivity contribution in [2.24, 2.45) is 5.73 Å². The zero-order valence-electron chi connectivity index (χ0n) is 8.94. The molecule has 2 aromatic heterocycles. The van der Waals surface area contributed by atoms with Crippen molar-refractivity contribution in [3.63, 3.8) is 0 Å². The Balaban J connectivity index is 2.40.